The first kappa shape index (κ1) is 7.00. The van der Waals surface area contributed by atoms with Gasteiger partial charge < -0.3 is 5.32 Å². The van der Waals surface area contributed by atoms with Gasteiger partial charge in [0, 0.05) is 5.70 Å². The molecule has 0 saturated carbocycles. The molecule has 2 atom stereocenters. The molecule has 52 valence electrons. The van der Waals surface area contributed by atoms with E-state index in [1.165, 1.54) is 12.1 Å². The highest BCUT2D eigenvalue weighted by molar-refractivity contribution is 7.99. The summed E-state index contributed by atoms with van der Waals surface area (Å²) in [6, 6.07) is 0. The molecular formula is C7H13NS. The largest absolute Gasteiger partial charge is 0.377 e. The van der Waals surface area contributed by atoms with Crippen LogP contribution in [0.4, 0.5) is 0 Å². The van der Waals surface area contributed by atoms with E-state index < -0.39 is 0 Å². The van der Waals surface area contributed by atoms with Crippen LogP contribution in [-0.2, 0) is 0 Å². The molecule has 2 heteroatoms. The predicted octanol–water partition coefficient (Wildman–Crippen LogP) is 1.82. The fourth-order valence-corrected chi connectivity index (χ4v) is 1.78. The number of hydrogen-bond donors (Lipinski definition) is 1. The lowest BCUT2D eigenvalue weighted by molar-refractivity contribution is 0.704. The lowest BCUT2D eigenvalue weighted by Gasteiger charge is -2.04. The molecule has 0 aromatic carbocycles. The topological polar surface area (TPSA) is 12.0 Å². The summed E-state index contributed by atoms with van der Waals surface area (Å²) < 4.78 is 0. The molecule has 0 aromatic heterocycles. The van der Waals surface area contributed by atoms with Crippen LogP contribution in [0.2, 0.25) is 0 Å². The molecule has 0 spiro atoms. The smallest absolute Gasteiger partial charge is 0.0723 e. The van der Waals surface area contributed by atoms with Crippen molar-refractivity contribution in [2.24, 2.45) is 5.92 Å². The van der Waals surface area contributed by atoms with E-state index in [4.69, 9.17) is 0 Å². The second-order valence-corrected chi connectivity index (χ2v) is 3.57. The summed E-state index contributed by atoms with van der Waals surface area (Å²) in [5, 5.41) is 3.94. The van der Waals surface area contributed by atoms with Gasteiger partial charge >= 0.3 is 0 Å². The summed E-state index contributed by atoms with van der Waals surface area (Å²) in [4.78, 5) is 0. The highest BCUT2D eigenvalue weighted by Gasteiger charge is 2.22. The van der Waals surface area contributed by atoms with Gasteiger partial charge in [-0.05, 0) is 18.6 Å². The Labute approximate surface area is 60.9 Å². The highest BCUT2D eigenvalue weighted by atomic mass is 32.2. The van der Waals surface area contributed by atoms with Gasteiger partial charge in [-0.25, -0.2) is 0 Å². The number of hydrogen-bond acceptors (Lipinski definition) is 2. The van der Waals surface area contributed by atoms with E-state index in [1.54, 1.807) is 0 Å². The Morgan fingerprint density at radius 1 is 1.78 bits per heavy atom. The van der Waals surface area contributed by atoms with E-state index in [2.05, 4.69) is 25.1 Å². The van der Waals surface area contributed by atoms with Crippen LogP contribution in [0.5, 0.6) is 0 Å². The van der Waals surface area contributed by atoms with E-state index in [9.17, 15) is 0 Å². The molecule has 0 bridgehead atoms. The third-order valence-electron chi connectivity index (χ3n) is 1.79. The minimum absolute atomic E-state index is 0.618. The quantitative estimate of drug-likeness (QED) is 0.601. The molecule has 0 amide bonds. The fraction of sp³-hybridized carbons (Fsp3) is 0.714. The maximum atomic E-state index is 3.91. The Hall–Kier alpha value is -0.110. The van der Waals surface area contributed by atoms with Gasteiger partial charge in [0.2, 0.25) is 0 Å². The Kier molecular flexibility index (Phi) is 2.06. The van der Waals surface area contributed by atoms with Crippen molar-refractivity contribution in [2.45, 2.75) is 18.7 Å². The lowest BCUT2D eigenvalue weighted by Crippen LogP contribution is -2.14. The van der Waals surface area contributed by atoms with Crippen molar-refractivity contribution in [1.82, 2.24) is 5.32 Å². The average Bonchev–Trinajstić information content (AvgIpc) is 2.13. The molecule has 1 aliphatic heterocycles. The van der Waals surface area contributed by atoms with Crippen molar-refractivity contribution in [3.63, 3.8) is 0 Å². The Morgan fingerprint density at radius 2 is 2.44 bits per heavy atom. The van der Waals surface area contributed by atoms with Crippen molar-refractivity contribution in [1.29, 1.82) is 0 Å². The third-order valence-corrected chi connectivity index (χ3v) is 2.67. The standard InChI is InChI=1S/C7H13NS/c1-5-4-7(9-3)8-6(5)2/h5,7-8H,2,4H2,1,3H3. The molecule has 1 rings (SSSR count). The van der Waals surface area contributed by atoms with Crippen LogP contribution in [0.3, 0.4) is 0 Å². The van der Waals surface area contributed by atoms with Crippen LogP contribution in [0.1, 0.15) is 13.3 Å². The van der Waals surface area contributed by atoms with E-state index in [1.807, 2.05) is 11.8 Å². The number of thioether (sulfide) groups is 1. The summed E-state index contributed by atoms with van der Waals surface area (Å²) in [5.41, 5.74) is 1.20. The van der Waals surface area contributed by atoms with E-state index >= 15 is 0 Å². The monoisotopic (exact) mass is 143 g/mol. The molecule has 9 heavy (non-hydrogen) atoms. The van der Waals surface area contributed by atoms with Crippen LogP contribution in [0, 0.1) is 5.92 Å². The van der Waals surface area contributed by atoms with Crippen LogP contribution in [-0.4, -0.2) is 11.6 Å². The number of rotatable bonds is 1. The first-order valence-corrected chi connectivity index (χ1v) is 4.51. The van der Waals surface area contributed by atoms with Gasteiger partial charge in [0.15, 0.2) is 0 Å². The molecule has 0 aliphatic carbocycles. The Morgan fingerprint density at radius 3 is 2.67 bits per heavy atom. The highest BCUT2D eigenvalue weighted by Crippen LogP contribution is 2.26. The second-order valence-electron chi connectivity index (χ2n) is 2.53. The van der Waals surface area contributed by atoms with E-state index in [0.29, 0.717) is 11.3 Å². The predicted molar refractivity (Wildman–Crippen MR) is 43.4 cm³/mol. The van der Waals surface area contributed by atoms with Crippen molar-refractivity contribution >= 4 is 11.8 Å². The zero-order chi connectivity index (χ0) is 6.85. The molecule has 1 aliphatic rings. The van der Waals surface area contributed by atoms with Crippen molar-refractivity contribution < 1.29 is 0 Å². The van der Waals surface area contributed by atoms with Crippen molar-refractivity contribution in [2.75, 3.05) is 6.26 Å². The summed E-state index contributed by atoms with van der Waals surface area (Å²) in [6.07, 6.45) is 3.36. The molecule has 1 N–H and O–H groups in total. The van der Waals surface area contributed by atoms with Crippen molar-refractivity contribution in [3.05, 3.63) is 12.3 Å². The summed E-state index contributed by atoms with van der Waals surface area (Å²) in [6.45, 7) is 6.12. The van der Waals surface area contributed by atoms with Crippen molar-refractivity contribution in [3.8, 4) is 0 Å². The first-order chi connectivity index (χ1) is 4.24. The van der Waals surface area contributed by atoms with Gasteiger partial charge in [-0.3, -0.25) is 0 Å². The SMILES string of the molecule is C=C1NC(SC)CC1C. The van der Waals surface area contributed by atoms with Gasteiger partial charge in [0.1, 0.15) is 0 Å². The molecule has 0 aromatic rings. The minimum Gasteiger partial charge on any atom is -0.377 e. The van der Waals surface area contributed by atoms with Crippen LogP contribution < -0.4 is 5.32 Å². The molecule has 1 saturated heterocycles. The Balaban J connectivity index is 2.44. The maximum Gasteiger partial charge on any atom is 0.0723 e. The minimum atomic E-state index is 0.618. The molecule has 0 radical (unpaired) electrons. The Bertz CT molecular complexity index is 122. The normalized spacial score (nSPS) is 34.7. The summed E-state index contributed by atoms with van der Waals surface area (Å²) >= 11 is 1.87. The average molecular weight is 143 g/mol. The summed E-state index contributed by atoms with van der Waals surface area (Å²) in [5.74, 6) is 0.669. The van der Waals surface area contributed by atoms with Crippen LogP contribution in [0.15, 0.2) is 12.3 Å². The summed E-state index contributed by atoms with van der Waals surface area (Å²) in [7, 11) is 0. The van der Waals surface area contributed by atoms with E-state index in [0.717, 1.165) is 0 Å². The molecule has 1 nitrogen and oxygen atoms in total. The molecule has 2 unspecified atom stereocenters. The fourth-order valence-electron chi connectivity index (χ4n) is 1.03. The zero-order valence-electron chi connectivity index (χ0n) is 5.98. The lowest BCUT2D eigenvalue weighted by atomic mass is 10.1. The molecular weight excluding hydrogens is 130 g/mol. The van der Waals surface area contributed by atoms with Gasteiger partial charge in [-0.1, -0.05) is 13.5 Å². The third kappa shape index (κ3) is 1.42. The van der Waals surface area contributed by atoms with Gasteiger partial charge in [0.25, 0.3) is 0 Å². The van der Waals surface area contributed by atoms with E-state index in [-0.39, 0.29) is 0 Å². The first-order valence-electron chi connectivity index (χ1n) is 3.22. The number of nitrogens with one attached hydrogen (secondary N) is 1. The maximum absolute atomic E-state index is 3.91. The van der Waals surface area contributed by atoms with Gasteiger partial charge in [-0.2, -0.15) is 0 Å². The number of allylic oxidation sites excluding steroid dienone is 1. The van der Waals surface area contributed by atoms with Gasteiger partial charge in [0.05, 0.1) is 5.37 Å². The second kappa shape index (κ2) is 2.65. The van der Waals surface area contributed by atoms with Crippen LogP contribution >= 0.6 is 11.8 Å². The molecule has 1 fully saturated rings. The van der Waals surface area contributed by atoms with Gasteiger partial charge in [-0.15, -0.1) is 11.8 Å². The van der Waals surface area contributed by atoms with Crippen LogP contribution in [0.25, 0.3) is 0 Å². The molecule has 1 heterocycles. The zero-order valence-corrected chi connectivity index (χ0v) is 6.79.